The Labute approximate surface area is 275 Å². The van der Waals surface area contributed by atoms with Crippen molar-refractivity contribution in [3.05, 3.63) is 115 Å². The third kappa shape index (κ3) is 6.07. The van der Waals surface area contributed by atoms with E-state index in [0.717, 1.165) is 46.1 Å². The van der Waals surface area contributed by atoms with Gasteiger partial charge in [-0.05, 0) is 101 Å². The lowest BCUT2D eigenvalue weighted by molar-refractivity contribution is 0.204. The highest BCUT2D eigenvalue weighted by atomic mass is 79.9. The molecule has 1 aliphatic rings. The summed E-state index contributed by atoms with van der Waals surface area (Å²) in [4.78, 5) is 0. The lowest BCUT2D eigenvalue weighted by atomic mass is 9.66. The molecular weight excluding hydrogens is 660 g/mol. The maximum Gasteiger partial charge on any atom is 0.161 e. The Hall–Kier alpha value is -2.56. The first-order valence-electron chi connectivity index (χ1n) is 15.8. The predicted molar refractivity (Wildman–Crippen MR) is 188 cm³/mol. The molecule has 0 radical (unpaired) electrons. The van der Waals surface area contributed by atoms with Crippen LogP contribution in [-0.2, 0) is 5.41 Å². The van der Waals surface area contributed by atoms with Crippen LogP contribution in [0.25, 0.3) is 11.1 Å². The number of ether oxygens (including phenoxy) is 2. The van der Waals surface area contributed by atoms with Crippen molar-refractivity contribution in [1.82, 2.24) is 0 Å². The molecule has 5 rings (SSSR count). The van der Waals surface area contributed by atoms with Crippen molar-refractivity contribution in [2.24, 2.45) is 11.8 Å². The molecule has 4 aromatic rings. The van der Waals surface area contributed by atoms with E-state index in [9.17, 15) is 0 Å². The van der Waals surface area contributed by atoms with E-state index >= 15 is 0 Å². The highest BCUT2D eigenvalue weighted by molar-refractivity contribution is 9.10. The number of aryl methyl sites for hydroxylation is 2. The molecule has 0 N–H and O–H groups in total. The number of fused-ring (bicyclic) bond motifs is 3. The Morgan fingerprint density at radius 2 is 1.12 bits per heavy atom. The van der Waals surface area contributed by atoms with Gasteiger partial charge in [0.2, 0.25) is 0 Å². The second kappa shape index (κ2) is 13.6. The van der Waals surface area contributed by atoms with E-state index < -0.39 is 5.41 Å². The molecule has 4 heteroatoms. The van der Waals surface area contributed by atoms with E-state index in [-0.39, 0.29) is 0 Å². The largest absolute Gasteiger partial charge is 0.489 e. The molecule has 0 aromatic heterocycles. The van der Waals surface area contributed by atoms with Crippen LogP contribution in [0.4, 0.5) is 0 Å². The third-order valence-corrected chi connectivity index (χ3v) is 10.5. The minimum absolute atomic E-state index is 0.503. The first kappa shape index (κ1) is 31.9. The summed E-state index contributed by atoms with van der Waals surface area (Å²) in [6.07, 6.45) is 4.39. The molecule has 0 amide bonds. The molecule has 0 bridgehead atoms. The summed E-state index contributed by atoms with van der Waals surface area (Å²) in [6.45, 7) is 14.8. The van der Waals surface area contributed by atoms with Gasteiger partial charge in [0.05, 0.1) is 18.6 Å². The van der Waals surface area contributed by atoms with Crippen molar-refractivity contribution in [2.45, 2.75) is 72.6 Å². The van der Waals surface area contributed by atoms with Gasteiger partial charge in [-0.1, -0.05) is 127 Å². The normalized spacial score (nSPS) is 13.3. The molecule has 43 heavy (non-hydrogen) atoms. The van der Waals surface area contributed by atoms with Gasteiger partial charge in [-0.15, -0.1) is 0 Å². The van der Waals surface area contributed by atoms with Crippen LogP contribution in [0.2, 0.25) is 0 Å². The van der Waals surface area contributed by atoms with Crippen LogP contribution in [0.5, 0.6) is 11.5 Å². The van der Waals surface area contributed by atoms with Crippen LogP contribution < -0.4 is 9.47 Å². The van der Waals surface area contributed by atoms with E-state index in [2.05, 4.69) is 146 Å². The highest BCUT2D eigenvalue weighted by Gasteiger charge is 2.47. The average Bonchev–Trinajstić information content (AvgIpc) is 3.28. The highest BCUT2D eigenvalue weighted by Crippen LogP contribution is 2.58. The summed E-state index contributed by atoms with van der Waals surface area (Å²) in [6, 6.07) is 27.0. The van der Waals surface area contributed by atoms with Gasteiger partial charge in [0.15, 0.2) is 11.5 Å². The Kier molecular flexibility index (Phi) is 10.1. The Morgan fingerprint density at radius 1 is 0.581 bits per heavy atom. The topological polar surface area (TPSA) is 18.5 Å². The molecule has 0 unspecified atom stereocenters. The lowest BCUT2D eigenvalue weighted by Crippen LogP contribution is -2.30. The Bertz CT molecular complexity index is 1530. The molecule has 1 aliphatic carbocycles. The Morgan fingerprint density at radius 3 is 1.65 bits per heavy atom. The van der Waals surface area contributed by atoms with E-state index in [4.69, 9.17) is 9.47 Å². The summed E-state index contributed by atoms with van der Waals surface area (Å²) >= 11 is 7.66. The smallest absolute Gasteiger partial charge is 0.161 e. The van der Waals surface area contributed by atoms with Crippen LogP contribution in [0, 0.1) is 25.7 Å². The number of halogens is 2. The SMILES string of the molecule is CCC(CC)COc1ccc(C2(c3cc(C)ccc3C)c3cc(Br)ccc3-c3ccc(Br)cc32)cc1OCC(CC)CC. The van der Waals surface area contributed by atoms with Crippen molar-refractivity contribution in [2.75, 3.05) is 13.2 Å². The average molecular weight is 705 g/mol. The molecule has 4 aromatic carbocycles. The summed E-state index contributed by atoms with van der Waals surface area (Å²) in [5, 5.41) is 0. The van der Waals surface area contributed by atoms with Crippen LogP contribution in [0.3, 0.4) is 0 Å². The monoisotopic (exact) mass is 702 g/mol. The van der Waals surface area contributed by atoms with Crippen molar-refractivity contribution >= 4 is 31.9 Å². The second-order valence-corrected chi connectivity index (χ2v) is 13.9. The maximum atomic E-state index is 6.70. The molecule has 0 heterocycles. The number of rotatable bonds is 12. The van der Waals surface area contributed by atoms with Gasteiger partial charge < -0.3 is 9.47 Å². The van der Waals surface area contributed by atoms with Gasteiger partial charge in [-0.25, -0.2) is 0 Å². The molecule has 0 atom stereocenters. The quantitative estimate of drug-likeness (QED) is 0.129. The molecule has 0 saturated carbocycles. The fourth-order valence-electron chi connectivity index (χ4n) is 6.60. The summed E-state index contributed by atoms with van der Waals surface area (Å²) < 4.78 is 15.4. The van der Waals surface area contributed by atoms with Crippen molar-refractivity contribution in [1.29, 1.82) is 0 Å². The van der Waals surface area contributed by atoms with Gasteiger partial charge in [0, 0.05) is 8.95 Å². The van der Waals surface area contributed by atoms with Gasteiger partial charge in [-0.3, -0.25) is 0 Å². The van der Waals surface area contributed by atoms with Crippen LogP contribution in [-0.4, -0.2) is 13.2 Å². The first-order valence-corrected chi connectivity index (χ1v) is 17.4. The maximum absolute atomic E-state index is 6.70. The van der Waals surface area contributed by atoms with Crippen LogP contribution in [0.1, 0.15) is 86.8 Å². The van der Waals surface area contributed by atoms with Crippen LogP contribution >= 0.6 is 31.9 Å². The molecule has 2 nitrogen and oxygen atoms in total. The van der Waals surface area contributed by atoms with Crippen LogP contribution in [0.15, 0.2) is 81.7 Å². The Balaban J connectivity index is 1.79. The van der Waals surface area contributed by atoms with Gasteiger partial charge in [-0.2, -0.15) is 0 Å². The predicted octanol–water partition coefficient (Wildman–Crippen LogP) is 11.8. The summed E-state index contributed by atoms with van der Waals surface area (Å²) in [7, 11) is 0. The minimum atomic E-state index is -0.532. The minimum Gasteiger partial charge on any atom is -0.489 e. The zero-order valence-electron chi connectivity index (χ0n) is 26.4. The van der Waals surface area contributed by atoms with Gasteiger partial charge in [0.1, 0.15) is 0 Å². The van der Waals surface area contributed by atoms with Gasteiger partial charge >= 0.3 is 0 Å². The third-order valence-electron chi connectivity index (χ3n) is 9.49. The van der Waals surface area contributed by atoms with E-state index in [1.54, 1.807) is 0 Å². The number of benzene rings is 4. The van der Waals surface area contributed by atoms with E-state index in [1.807, 2.05) is 0 Å². The number of hydrogen-bond donors (Lipinski definition) is 0. The fraction of sp³-hybridized carbons (Fsp3) is 0.385. The molecule has 0 aliphatic heterocycles. The molecule has 226 valence electrons. The van der Waals surface area contributed by atoms with Crippen molar-refractivity contribution in [3.8, 4) is 22.6 Å². The van der Waals surface area contributed by atoms with E-state index in [1.165, 1.54) is 44.5 Å². The lowest BCUT2D eigenvalue weighted by Gasteiger charge is -2.36. The molecule has 0 saturated heterocycles. The second-order valence-electron chi connectivity index (χ2n) is 12.1. The van der Waals surface area contributed by atoms with E-state index in [0.29, 0.717) is 25.0 Å². The standard InChI is InChI=1S/C39H44Br2O2/c1-7-27(8-2)23-42-37-18-13-29(20-38(37)43-24-28(9-3)10-4)39(34-19-25(5)11-12-26(34)6)35-21-30(40)14-16-32(35)33-17-15-31(41)22-36(33)39/h11-22,27-28H,7-10,23-24H2,1-6H3. The van der Waals surface area contributed by atoms with Crippen molar-refractivity contribution < 1.29 is 9.47 Å². The molecule has 0 spiro atoms. The first-order chi connectivity index (χ1) is 20.8. The summed E-state index contributed by atoms with van der Waals surface area (Å²) in [5.41, 5.74) is 9.54. The van der Waals surface area contributed by atoms with Gasteiger partial charge in [0.25, 0.3) is 0 Å². The molecule has 0 fully saturated rings. The summed E-state index contributed by atoms with van der Waals surface area (Å²) in [5.74, 6) is 2.69. The number of hydrogen-bond acceptors (Lipinski definition) is 2. The zero-order chi connectivity index (χ0) is 30.7. The molecular formula is C39H44Br2O2. The fourth-order valence-corrected chi connectivity index (χ4v) is 7.32. The zero-order valence-corrected chi connectivity index (χ0v) is 29.6. The van der Waals surface area contributed by atoms with Crippen molar-refractivity contribution in [3.63, 3.8) is 0 Å².